The maximum absolute atomic E-state index is 12.1. The van der Waals surface area contributed by atoms with Crippen LogP contribution in [0, 0.1) is 5.92 Å². The average Bonchev–Trinajstić information content (AvgIpc) is 2.19. The molecule has 100 valence electrons. The number of hydrogen-bond acceptors (Lipinski definition) is 4. The molecule has 0 aromatic heterocycles. The molecule has 0 spiro atoms. The predicted molar refractivity (Wildman–Crippen MR) is 53.0 cm³/mol. The number of esters is 1. The monoisotopic (exact) mass is 255 g/mol. The van der Waals surface area contributed by atoms with Crippen molar-refractivity contribution in [3.63, 3.8) is 0 Å². The molecule has 1 fully saturated rings. The van der Waals surface area contributed by atoms with Crippen molar-refractivity contribution in [1.82, 2.24) is 0 Å². The highest BCUT2D eigenvalue weighted by atomic mass is 19.4. The molecule has 0 heterocycles. The molecule has 1 saturated carbocycles. The number of ether oxygens (including phenoxy) is 1. The van der Waals surface area contributed by atoms with Crippen LogP contribution in [0.1, 0.15) is 26.2 Å². The first-order valence-electron chi connectivity index (χ1n) is 5.37. The lowest BCUT2D eigenvalue weighted by Crippen LogP contribution is -2.49. The van der Waals surface area contributed by atoms with E-state index in [1.165, 1.54) is 6.92 Å². The lowest BCUT2D eigenvalue weighted by Gasteiger charge is -2.39. The van der Waals surface area contributed by atoms with Crippen molar-refractivity contribution < 1.29 is 27.8 Å². The number of rotatable bonds is 2. The molecule has 7 heteroatoms. The first-order chi connectivity index (χ1) is 7.66. The second kappa shape index (κ2) is 4.81. The summed E-state index contributed by atoms with van der Waals surface area (Å²) in [5.41, 5.74) is 4.00. The van der Waals surface area contributed by atoms with Crippen LogP contribution in [0.3, 0.4) is 0 Å². The molecule has 1 aliphatic carbocycles. The number of aliphatic hydroxyl groups is 1. The quantitative estimate of drug-likeness (QED) is 0.721. The normalized spacial score (nSPS) is 34.5. The van der Waals surface area contributed by atoms with Crippen LogP contribution in [0.25, 0.3) is 0 Å². The molecule has 17 heavy (non-hydrogen) atoms. The van der Waals surface area contributed by atoms with Gasteiger partial charge >= 0.3 is 12.1 Å². The van der Waals surface area contributed by atoms with E-state index in [1.807, 2.05) is 0 Å². The number of carbonyl (C=O) groups excluding carboxylic acids is 1. The molecule has 3 unspecified atom stereocenters. The van der Waals surface area contributed by atoms with Gasteiger partial charge in [-0.15, -0.1) is 0 Å². The Morgan fingerprint density at radius 2 is 2.18 bits per heavy atom. The molecule has 0 aromatic carbocycles. The van der Waals surface area contributed by atoms with Crippen LogP contribution in [-0.2, 0) is 9.53 Å². The molecule has 3 atom stereocenters. The third-order valence-electron chi connectivity index (χ3n) is 3.11. The molecule has 1 rings (SSSR count). The van der Waals surface area contributed by atoms with E-state index in [-0.39, 0.29) is 18.8 Å². The summed E-state index contributed by atoms with van der Waals surface area (Å²) in [6.07, 6.45) is -5.15. The zero-order valence-corrected chi connectivity index (χ0v) is 9.46. The molecule has 1 aliphatic rings. The predicted octanol–water partition coefficient (Wildman–Crippen LogP) is 0.970. The zero-order chi connectivity index (χ0) is 13.3. The van der Waals surface area contributed by atoms with Crippen LogP contribution in [-0.4, -0.2) is 35.5 Å². The number of nitrogens with two attached hydrogens (primary N) is 1. The largest absolute Gasteiger partial charge is 0.490 e. The van der Waals surface area contributed by atoms with Crippen molar-refractivity contribution in [2.75, 3.05) is 6.54 Å². The molecular weight excluding hydrogens is 239 g/mol. The summed E-state index contributed by atoms with van der Waals surface area (Å²) in [6.45, 7) is 1.67. The smallest absolute Gasteiger partial charge is 0.453 e. The maximum Gasteiger partial charge on any atom is 0.490 e. The van der Waals surface area contributed by atoms with Gasteiger partial charge in [0.1, 0.15) is 6.10 Å². The summed E-state index contributed by atoms with van der Waals surface area (Å²) in [6, 6.07) is 0. The Labute approximate surface area is 96.9 Å². The minimum absolute atomic E-state index is 0.0266. The van der Waals surface area contributed by atoms with Crippen LogP contribution in [0.5, 0.6) is 0 Å². The van der Waals surface area contributed by atoms with E-state index in [9.17, 15) is 23.1 Å². The van der Waals surface area contributed by atoms with Gasteiger partial charge in [0.2, 0.25) is 0 Å². The zero-order valence-electron chi connectivity index (χ0n) is 9.46. The van der Waals surface area contributed by atoms with Crippen molar-refractivity contribution in [2.45, 2.75) is 44.1 Å². The van der Waals surface area contributed by atoms with Gasteiger partial charge in [0, 0.05) is 0 Å². The van der Waals surface area contributed by atoms with Gasteiger partial charge in [-0.2, -0.15) is 13.2 Å². The Balaban J connectivity index is 2.69. The Hall–Kier alpha value is -0.820. The molecule has 4 nitrogen and oxygen atoms in total. The van der Waals surface area contributed by atoms with E-state index in [4.69, 9.17) is 5.73 Å². The van der Waals surface area contributed by atoms with E-state index in [1.54, 1.807) is 0 Å². The topological polar surface area (TPSA) is 72.6 Å². The maximum atomic E-state index is 12.1. The van der Waals surface area contributed by atoms with Gasteiger partial charge in [-0.25, -0.2) is 4.79 Å². The van der Waals surface area contributed by atoms with E-state index < -0.39 is 23.9 Å². The minimum Gasteiger partial charge on any atom is -0.453 e. The van der Waals surface area contributed by atoms with E-state index >= 15 is 0 Å². The highest BCUT2D eigenvalue weighted by molar-refractivity contribution is 5.75. The van der Waals surface area contributed by atoms with E-state index in [0.29, 0.717) is 13.0 Å². The fourth-order valence-electron chi connectivity index (χ4n) is 1.92. The first-order valence-corrected chi connectivity index (χ1v) is 5.37. The van der Waals surface area contributed by atoms with Gasteiger partial charge in [-0.3, -0.25) is 0 Å². The highest BCUT2D eigenvalue weighted by Gasteiger charge is 2.47. The number of alkyl halides is 3. The molecule has 0 amide bonds. The van der Waals surface area contributed by atoms with Crippen LogP contribution in [0.4, 0.5) is 13.2 Å². The van der Waals surface area contributed by atoms with Gasteiger partial charge in [-0.1, -0.05) is 0 Å². The second-order valence-electron chi connectivity index (χ2n) is 4.62. The molecular formula is C10H16F3NO3. The Bertz CT molecular complexity index is 291. The third kappa shape index (κ3) is 3.57. The Kier molecular flexibility index (Phi) is 4.03. The summed E-state index contributed by atoms with van der Waals surface area (Å²) in [5, 5.41) is 9.88. The van der Waals surface area contributed by atoms with E-state index in [0.717, 1.165) is 0 Å². The molecule has 0 saturated heterocycles. The fourth-order valence-corrected chi connectivity index (χ4v) is 1.92. The molecule has 0 aromatic rings. The van der Waals surface area contributed by atoms with Gasteiger partial charge in [0.15, 0.2) is 0 Å². The van der Waals surface area contributed by atoms with Crippen molar-refractivity contribution >= 4 is 5.97 Å². The Morgan fingerprint density at radius 1 is 1.59 bits per heavy atom. The molecule has 0 bridgehead atoms. The summed E-state index contributed by atoms with van der Waals surface area (Å²) in [7, 11) is 0. The fraction of sp³-hybridized carbons (Fsp3) is 0.900. The summed E-state index contributed by atoms with van der Waals surface area (Å²) in [4.78, 5) is 10.7. The summed E-state index contributed by atoms with van der Waals surface area (Å²) in [5.74, 6) is -2.29. The van der Waals surface area contributed by atoms with Gasteiger partial charge < -0.3 is 15.6 Å². The Morgan fingerprint density at radius 3 is 2.65 bits per heavy atom. The van der Waals surface area contributed by atoms with Gasteiger partial charge in [-0.05, 0) is 38.6 Å². The number of halogens is 3. The summed E-state index contributed by atoms with van der Waals surface area (Å²) < 4.78 is 40.5. The number of carbonyl (C=O) groups is 1. The molecule has 3 N–H and O–H groups in total. The first kappa shape index (κ1) is 14.2. The van der Waals surface area contributed by atoms with Crippen molar-refractivity contribution in [3.8, 4) is 0 Å². The molecule has 0 aliphatic heterocycles. The van der Waals surface area contributed by atoms with E-state index in [2.05, 4.69) is 4.74 Å². The standard InChI is InChI=1S/C10H16F3NO3/c1-9(16)3-2-6(5-14)4-7(9)17-8(15)10(11,12)13/h6-7,16H,2-5,14H2,1H3. The van der Waals surface area contributed by atoms with Crippen molar-refractivity contribution in [2.24, 2.45) is 11.7 Å². The second-order valence-corrected chi connectivity index (χ2v) is 4.62. The SMILES string of the molecule is CC1(O)CCC(CN)CC1OC(=O)C(F)(F)F. The number of hydrogen-bond donors (Lipinski definition) is 2. The van der Waals surface area contributed by atoms with Gasteiger partial charge in [0.05, 0.1) is 5.60 Å². The van der Waals surface area contributed by atoms with Crippen LogP contribution in [0.15, 0.2) is 0 Å². The van der Waals surface area contributed by atoms with Crippen LogP contribution < -0.4 is 5.73 Å². The third-order valence-corrected chi connectivity index (χ3v) is 3.11. The van der Waals surface area contributed by atoms with Crippen molar-refractivity contribution in [1.29, 1.82) is 0 Å². The molecule has 0 radical (unpaired) electrons. The van der Waals surface area contributed by atoms with Crippen LogP contribution in [0.2, 0.25) is 0 Å². The highest BCUT2D eigenvalue weighted by Crippen LogP contribution is 2.34. The lowest BCUT2D eigenvalue weighted by molar-refractivity contribution is -0.219. The van der Waals surface area contributed by atoms with Crippen LogP contribution >= 0.6 is 0 Å². The average molecular weight is 255 g/mol. The van der Waals surface area contributed by atoms with Gasteiger partial charge in [0.25, 0.3) is 0 Å². The minimum atomic E-state index is -5.04. The van der Waals surface area contributed by atoms with Crippen molar-refractivity contribution in [3.05, 3.63) is 0 Å². The lowest BCUT2D eigenvalue weighted by atomic mass is 9.77. The summed E-state index contributed by atoms with van der Waals surface area (Å²) >= 11 is 0.